The zero-order valence-corrected chi connectivity index (χ0v) is 23.8. The van der Waals surface area contributed by atoms with Gasteiger partial charge in [0.05, 0.1) is 11.3 Å². The molecule has 1 atom stereocenters. The molecule has 0 radical (unpaired) electrons. The SMILES string of the molecule is CC(C)=Nc1ccc(C(=O)N2CCC(N(Cc3ccc(C(=O)O)cc3)S(=O)(=O)/C=C/c3ccc(Cl)cc3)C2)cc1. The molecule has 1 heterocycles. The van der Waals surface area contributed by atoms with Gasteiger partial charge in [0.25, 0.3) is 5.91 Å². The van der Waals surface area contributed by atoms with Crippen LogP contribution in [0, 0.1) is 0 Å². The molecule has 0 bridgehead atoms. The van der Waals surface area contributed by atoms with E-state index in [9.17, 15) is 23.1 Å². The van der Waals surface area contributed by atoms with Crippen molar-refractivity contribution in [2.75, 3.05) is 13.1 Å². The Kier molecular flexibility index (Phi) is 9.19. The van der Waals surface area contributed by atoms with Crippen LogP contribution in [0.2, 0.25) is 5.02 Å². The molecule has 1 amide bonds. The Morgan fingerprint density at radius 1 is 1.00 bits per heavy atom. The van der Waals surface area contributed by atoms with Gasteiger partial charge in [0, 0.05) is 47.4 Å². The lowest BCUT2D eigenvalue weighted by molar-refractivity contribution is 0.0696. The molecule has 1 fully saturated rings. The highest BCUT2D eigenvalue weighted by Gasteiger charge is 2.36. The molecule has 8 nitrogen and oxygen atoms in total. The molecule has 208 valence electrons. The zero-order chi connectivity index (χ0) is 28.9. The number of halogens is 1. The lowest BCUT2D eigenvalue weighted by Crippen LogP contribution is -2.41. The first-order chi connectivity index (χ1) is 19.0. The highest BCUT2D eigenvalue weighted by Crippen LogP contribution is 2.25. The summed E-state index contributed by atoms with van der Waals surface area (Å²) in [6, 6.07) is 19.5. The van der Waals surface area contributed by atoms with Gasteiger partial charge in [-0.05, 0) is 86.0 Å². The number of nitrogens with zero attached hydrogens (tertiary/aromatic N) is 3. The Hall–Kier alpha value is -3.79. The van der Waals surface area contributed by atoms with Crippen LogP contribution in [-0.2, 0) is 16.6 Å². The summed E-state index contributed by atoms with van der Waals surface area (Å²) in [6.07, 6.45) is 1.97. The summed E-state index contributed by atoms with van der Waals surface area (Å²) in [5.74, 6) is -1.23. The summed E-state index contributed by atoms with van der Waals surface area (Å²) in [5, 5.41) is 10.9. The number of carbonyl (C=O) groups is 2. The second kappa shape index (κ2) is 12.6. The number of likely N-dealkylation sites (tertiary alicyclic amines) is 1. The zero-order valence-electron chi connectivity index (χ0n) is 22.2. The molecule has 1 N–H and O–H groups in total. The molecule has 0 aliphatic carbocycles. The van der Waals surface area contributed by atoms with Gasteiger partial charge >= 0.3 is 5.97 Å². The Morgan fingerprint density at radius 2 is 1.62 bits per heavy atom. The number of hydrogen-bond acceptors (Lipinski definition) is 5. The standard InChI is InChI=1S/C30H30ClN3O5S/c1-21(2)32-27-13-9-24(10-14-27)29(35)33-17-15-28(20-33)34(19-23-3-7-25(8-4-23)30(36)37)40(38,39)18-16-22-5-11-26(31)12-6-22/h3-14,16,18,28H,15,17,19-20H2,1-2H3,(H,36,37)/b18-16+. The number of aromatic carboxylic acids is 1. The third kappa shape index (κ3) is 7.44. The lowest BCUT2D eigenvalue weighted by Gasteiger charge is -2.27. The van der Waals surface area contributed by atoms with Gasteiger partial charge in [-0.2, -0.15) is 4.31 Å². The smallest absolute Gasteiger partial charge is 0.335 e. The molecule has 1 aliphatic rings. The van der Waals surface area contributed by atoms with Crippen molar-refractivity contribution in [3.05, 3.63) is 105 Å². The number of carboxylic acids is 1. The number of hydrogen-bond donors (Lipinski definition) is 1. The third-order valence-corrected chi connectivity index (χ3v) is 8.31. The van der Waals surface area contributed by atoms with Crippen LogP contribution in [0.15, 0.2) is 83.2 Å². The Morgan fingerprint density at radius 3 is 2.23 bits per heavy atom. The van der Waals surface area contributed by atoms with Crippen molar-refractivity contribution < 1.29 is 23.1 Å². The molecule has 0 spiro atoms. The average molecular weight is 580 g/mol. The summed E-state index contributed by atoms with van der Waals surface area (Å²) in [5.41, 5.74) is 3.60. The van der Waals surface area contributed by atoms with Gasteiger partial charge in [-0.3, -0.25) is 9.79 Å². The van der Waals surface area contributed by atoms with Gasteiger partial charge in [-0.25, -0.2) is 13.2 Å². The van der Waals surface area contributed by atoms with E-state index in [1.165, 1.54) is 22.5 Å². The summed E-state index contributed by atoms with van der Waals surface area (Å²) >= 11 is 5.95. The second-order valence-electron chi connectivity index (χ2n) is 9.75. The summed E-state index contributed by atoms with van der Waals surface area (Å²) in [6.45, 7) is 4.46. The van der Waals surface area contributed by atoms with Crippen LogP contribution in [0.25, 0.3) is 6.08 Å². The Balaban J connectivity index is 1.57. The minimum atomic E-state index is -3.92. The van der Waals surface area contributed by atoms with E-state index in [4.69, 9.17) is 11.6 Å². The second-order valence-corrected chi connectivity index (χ2v) is 12.0. The van der Waals surface area contributed by atoms with Crippen molar-refractivity contribution in [3.63, 3.8) is 0 Å². The predicted octanol–water partition coefficient (Wildman–Crippen LogP) is 5.87. The molecular weight excluding hydrogens is 550 g/mol. The van der Waals surface area contributed by atoms with E-state index in [2.05, 4.69) is 4.99 Å². The molecular formula is C30H30ClN3O5S. The van der Waals surface area contributed by atoms with Crippen LogP contribution in [0.4, 0.5) is 5.69 Å². The molecule has 40 heavy (non-hydrogen) atoms. The predicted molar refractivity (Wildman–Crippen MR) is 158 cm³/mol. The van der Waals surface area contributed by atoms with Gasteiger partial charge < -0.3 is 10.0 Å². The van der Waals surface area contributed by atoms with Crippen LogP contribution >= 0.6 is 11.6 Å². The maximum Gasteiger partial charge on any atom is 0.335 e. The molecule has 4 rings (SSSR count). The topological polar surface area (TPSA) is 107 Å². The summed E-state index contributed by atoms with van der Waals surface area (Å²) in [7, 11) is -3.92. The van der Waals surface area contributed by atoms with Crippen molar-refractivity contribution in [2.24, 2.45) is 4.99 Å². The van der Waals surface area contributed by atoms with Gasteiger partial charge in [-0.1, -0.05) is 35.9 Å². The van der Waals surface area contributed by atoms with E-state index in [0.717, 1.165) is 16.8 Å². The van der Waals surface area contributed by atoms with E-state index < -0.39 is 22.0 Å². The molecule has 0 aromatic heterocycles. The first-order valence-corrected chi connectivity index (χ1v) is 14.6. The number of rotatable bonds is 9. The highest BCUT2D eigenvalue weighted by atomic mass is 35.5. The van der Waals surface area contributed by atoms with Crippen LogP contribution in [0.1, 0.15) is 52.1 Å². The van der Waals surface area contributed by atoms with Crippen LogP contribution in [-0.4, -0.2) is 59.4 Å². The molecule has 3 aromatic carbocycles. The Labute approximate surface area is 239 Å². The molecule has 1 aliphatic heterocycles. The third-order valence-electron chi connectivity index (χ3n) is 6.49. The maximum atomic E-state index is 13.6. The summed E-state index contributed by atoms with van der Waals surface area (Å²) in [4.78, 5) is 30.5. The summed E-state index contributed by atoms with van der Waals surface area (Å²) < 4.78 is 28.6. The fourth-order valence-electron chi connectivity index (χ4n) is 4.46. The number of benzene rings is 3. The molecule has 1 saturated heterocycles. The van der Waals surface area contributed by atoms with Crippen LogP contribution in [0.5, 0.6) is 0 Å². The number of carboxylic acid groups (broad SMARTS) is 1. The van der Waals surface area contributed by atoms with Crippen molar-refractivity contribution in [2.45, 2.75) is 32.9 Å². The van der Waals surface area contributed by atoms with E-state index in [0.29, 0.717) is 34.7 Å². The first-order valence-electron chi connectivity index (χ1n) is 12.7. The average Bonchev–Trinajstić information content (AvgIpc) is 3.41. The van der Waals surface area contributed by atoms with Gasteiger partial charge in [-0.15, -0.1) is 0 Å². The molecule has 3 aromatic rings. The minimum Gasteiger partial charge on any atom is -0.478 e. The number of amides is 1. The molecule has 10 heteroatoms. The largest absolute Gasteiger partial charge is 0.478 e. The van der Waals surface area contributed by atoms with Gasteiger partial charge in [0.15, 0.2) is 0 Å². The van der Waals surface area contributed by atoms with Crippen molar-refractivity contribution in [1.29, 1.82) is 0 Å². The van der Waals surface area contributed by atoms with Crippen molar-refractivity contribution in [1.82, 2.24) is 9.21 Å². The molecule has 0 saturated carbocycles. The minimum absolute atomic E-state index is 0.0307. The maximum absolute atomic E-state index is 13.6. The quantitative estimate of drug-likeness (QED) is 0.319. The number of aliphatic imine (C=N–C) groups is 1. The van der Waals surface area contributed by atoms with E-state index in [1.807, 2.05) is 13.8 Å². The Bertz CT molecular complexity index is 1530. The molecule has 1 unspecified atom stereocenters. The lowest BCUT2D eigenvalue weighted by atomic mass is 10.1. The highest BCUT2D eigenvalue weighted by molar-refractivity contribution is 7.92. The monoisotopic (exact) mass is 579 g/mol. The number of carbonyl (C=O) groups excluding carboxylic acids is 1. The van der Waals surface area contributed by atoms with Crippen LogP contribution < -0.4 is 0 Å². The fourth-order valence-corrected chi connectivity index (χ4v) is 5.98. The van der Waals surface area contributed by atoms with Gasteiger partial charge in [0.1, 0.15) is 0 Å². The first kappa shape index (κ1) is 29.2. The van der Waals surface area contributed by atoms with E-state index in [1.54, 1.807) is 65.6 Å². The van der Waals surface area contributed by atoms with Crippen LogP contribution in [0.3, 0.4) is 0 Å². The van der Waals surface area contributed by atoms with Crippen molar-refractivity contribution >= 4 is 51.0 Å². The van der Waals surface area contributed by atoms with E-state index in [-0.39, 0.29) is 24.6 Å². The number of sulfonamides is 1. The fraction of sp³-hybridized carbons (Fsp3) is 0.233. The van der Waals surface area contributed by atoms with E-state index >= 15 is 0 Å². The normalized spacial score (nSPS) is 15.5. The van der Waals surface area contributed by atoms with Crippen molar-refractivity contribution in [3.8, 4) is 0 Å². The van der Waals surface area contributed by atoms with Gasteiger partial charge in [0.2, 0.25) is 10.0 Å².